The van der Waals surface area contributed by atoms with Gasteiger partial charge in [-0.2, -0.15) is 0 Å². The summed E-state index contributed by atoms with van der Waals surface area (Å²) in [6, 6.07) is 0. The van der Waals surface area contributed by atoms with E-state index in [1.807, 2.05) is 9.80 Å². The molecule has 0 amide bonds. The highest BCUT2D eigenvalue weighted by atomic mass is 32.2. The molecule has 20 nitrogen and oxygen atoms in total. The average molecular weight is 1350 g/mol. The standard InChI is InChI=1S/C66H112N4O16S4/c1-9-13-17-21-51-87-55(5)63(75)83-47-43-79-59(71)27-35-67(36-28-60(72)80-44-48-84-64(76)56(6)88-52-22-18-14-10-2)31-25-33-69-39-41-70(42-40-69)34-26-32-68(37-29-61(73)81-45-49-85-65(77)57(7)89-53-23-19-15-11-3)38-30-62(74)82-46-50-86-66(78)58(8)90-54-24-20-16-12-4/h13-20,55-58H,9-12,21-54H2,1-8H3/b17-13+,18-14+,19-15+,20-16+. The van der Waals surface area contributed by atoms with Gasteiger partial charge in [0.25, 0.3) is 0 Å². The minimum atomic E-state index is -0.435. The van der Waals surface area contributed by atoms with Gasteiger partial charge in [0.05, 0.1) is 46.7 Å². The van der Waals surface area contributed by atoms with Crippen LogP contribution in [0.3, 0.4) is 0 Å². The van der Waals surface area contributed by atoms with E-state index in [4.69, 9.17) is 37.9 Å². The molecule has 0 aliphatic carbocycles. The van der Waals surface area contributed by atoms with Crippen LogP contribution in [0.1, 0.15) is 145 Å². The maximum absolute atomic E-state index is 12.9. The number of nitrogens with zero attached hydrogens (tertiary/aromatic N) is 4. The third-order valence-electron chi connectivity index (χ3n) is 13.8. The van der Waals surface area contributed by atoms with E-state index >= 15 is 0 Å². The van der Waals surface area contributed by atoms with Crippen molar-refractivity contribution in [3.05, 3.63) is 48.6 Å². The Morgan fingerprint density at radius 2 is 0.567 bits per heavy atom. The molecule has 1 aliphatic heterocycles. The largest absolute Gasteiger partial charge is 0.462 e. The fourth-order valence-corrected chi connectivity index (χ4v) is 11.9. The minimum absolute atomic E-state index is 0.0343. The second-order valence-corrected chi connectivity index (χ2v) is 27.1. The van der Waals surface area contributed by atoms with Crippen molar-refractivity contribution in [2.75, 3.05) is 154 Å². The second kappa shape index (κ2) is 57.6. The molecule has 0 saturated carbocycles. The molecule has 1 heterocycles. The van der Waals surface area contributed by atoms with Gasteiger partial charge in [0, 0.05) is 52.4 Å². The Balaban J connectivity index is 2.77. The van der Waals surface area contributed by atoms with Gasteiger partial charge in [-0.05, 0) is 141 Å². The van der Waals surface area contributed by atoms with E-state index in [0.717, 1.165) is 126 Å². The zero-order chi connectivity index (χ0) is 66.2. The normalized spacial score (nSPS) is 14.5. The van der Waals surface area contributed by atoms with Gasteiger partial charge >= 0.3 is 47.8 Å². The summed E-state index contributed by atoms with van der Waals surface area (Å²) in [7, 11) is 0. The van der Waals surface area contributed by atoms with Crippen LogP contribution >= 0.6 is 47.0 Å². The Kier molecular flexibility index (Phi) is 53.8. The van der Waals surface area contributed by atoms with Crippen molar-refractivity contribution < 1.29 is 76.3 Å². The third kappa shape index (κ3) is 47.8. The summed E-state index contributed by atoms with van der Waals surface area (Å²) in [5, 5.41) is -1.32. The van der Waals surface area contributed by atoms with Crippen LogP contribution in [0.4, 0.5) is 0 Å². The average Bonchev–Trinajstić information content (AvgIpc) is 3.47. The molecular formula is C66H112N4O16S4. The lowest BCUT2D eigenvalue weighted by Crippen LogP contribution is -2.47. The predicted octanol–water partition coefficient (Wildman–Crippen LogP) is 9.81. The summed E-state index contributed by atoms with van der Waals surface area (Å²) < 4.78 is 43.1. The molecule has 0 radical (unpaired) electrons. The summed E-state index contributed by atoms with van der Waals surface area (Å²) in [6.07, 6.45) is 26.1. The van der Waals surface area contributed by atoms with Crippen molar-refractivity contribution in [1.82, 2.24) is 19.6 Å². The van der Waals surface area contributed by atoms with Crippen LogP contribution in [0.5, 0.6) is 0 Å². The number of rotatable bonds is 56. The maximum Gasteiger partial charge on any atom is 0.318 e. The number of hydrogen-bond donors (Lipinski definition) is 0. The SMILES string of the molecule is CC/C=C/CCSC(C)C(=O)OCCOC(=O)CCN(CCCN1CCN(CCCN(CCC(=O)OCCOC(=O)C(C)SCC/C=C/CC)CCC(=O)OCCOC(=O)C(C)SCC/C=C/CC)CC1)CCC(=O)OCCOC(=O)C(C)SCC/C=C/CC. The number of piperazine rings is 1. The van der Waals surface area contributed by atoms with Crippen LogP contribution in [0.25, 0.3) is 0 Å². The zero-order valence-corrected chi connectivity index (χ0v) is 59.0. The molecule has 4 unspecified atom stereocenters. The number of thioether (sulfide) groups is 4. The summed E-state index contributed by atoms with van der Waals surface area (Å²) in [4.78, 5) is 110. The lowest BCUT2D eigenvalue weighted by atomic mass is 10.2. The molecule has 1 fully saturated rings. The highest BCUT2D eigenvalue weighted by Gasteiger charge is 2.22. The quantitative estimate of drug-likeness (QED) is 0.0239. The number of carbonyl (C=O) groups excluding carboxylic acids is 8. The van der Waals surface area contributed by atoms with Gasteiger partial charge in [0.1, 0.15) is 52.9 Å². The highest BCUT2D eigenvalue weighted by Crippen LogP contribution is 2.17. The fourth-order valence-electron chi connectivity index (χ4n) is 8.55. The summed E-state index contributed by atoms with van der Waals surface area (Å²) in [6.45, 7) is 22.8. The first-order chi connectivity index (χ1) is 43.5. The minimum Gasteiger partial charge on any atom is -0.462 e. The van der Waals surface area contributed by atoms with Crippen molar-refractivity contribution >= 4 is 94.8 Å². The Bertz CT molecular complexity index is 1810. The first-order valence-corrected chi connectivity index (χ1v) is 37.0. The molecule has 1 rings (SSSR count). The van der Waals surface area contributed by atoms with Crippen molar-refractivity contribution in [1.29, 1.82) is 0 Å². The lowest BCUT2D eigenvalue weighted by molar-refractivity contribution is -0.152. The van der Waals surface area contributed by atoms with E-state index in [1.165, 1.54) is 47.0 Å². The molecule has 1 aliphatic rings. The van der Waals surface area contributed by atoms with Gasteiger partial charge < -0.3 is 57.5 Å². The summed E-state index contributed by atoms with van der Waals surface area (Å²) >= 11 is 6.08. The van der Waals surface area contributed by atoms with Crippen LogP contribution in [0.15, 0.2) is 48.6 Å². The van der Waals surface area contributed by atoms with Gasteiger partial charge in [-0.1, -0.05) is 76.3 Å². The van der Waals surface area contributed by atoms with E-state index in [-0.39, 0.29) is 123 Å². The molecule has 1 saturated heterocycles. The van der Waals surface area contributed by atoms with Crippen molar-refractivity contribution in [3.8, 4) is 0 Å². The molecule has 516 valence electrons. The maximum atomic E-state index is 12.9. The highest BCUT2D eigenvalue weighted by molar-refractivity contribution is 8.01. The van der Waals surface area contributed by atoms with Gasteiger partial charge in [-0.3, -0.25) is 38.4 Å². The van der Waals surface area contributed by atoms with E-state index in [0.29, 0.717) is 39.3 Å². The number of carbonyl (C=O) groups is 8. The molecule has 90 heavy (non-hydrogen) atoms. The van der Waals surface area contributed by atoms with Crippen LogP contribution in [0, 0.1) is 0 Å². The summed E-state index contributed by atoms with van der Waals surface area (Å²) in [5.41, 5.74) is 0. The van der Waals surface area contributed by atoms with Crippen LogP contribution < -0.4 is 0 Å². The van der Waals surface area contributed by atoms with E-state index in [2.05, 4.69) is 86.1 Å². The Morgan fingerprint density at radius 1 is 0.344 bits per heavy atom. The zero-order valence-electron chi connectivity index (χ0n) is 55.8. The number of allylic oxidation sites excluding steroid dienone is 8. The number of esters is 8. The molecular weight excluding hydrogens is 1230 g/mol. The first-order valence-electron chi connectivity index (χ1n) is 32.8. The Morgan fingerprint density at radius 3 is 0.789 bits per heavy atom. The topological polar surface area (TPSA) is 223 Å². The van der Waals surface area contributed by atoms with Crippen molar-refractivity contribution in [2.45, 2.75) is 166 Å². The molecule has 0 aromatic rings. The smallest absolute Gasteiger partial charge is 0.318 e. The van der Waals surface area contributed by atoms with E-state index < -0.39 is 23.9 Å². The van der Waals surface area contributed by atoms with Gasteiger partial charge in [-0.25, -0.2) is 0 Å². The summed E-state index contributed by atoms with van der Waals surface area (Å²) in [5.74, 6) is 0.0879. The predicted molar refractivity (Wildman–Crippen MR) is 365 cm³/mol. The van der Waals surface area contributed by atoms with Gasteiger partial charge in [0.15, 0.2) is 0 Å². The molecule has 0 aromatic heterocycles. The van der Waals surface area contributed by atoms with Crippen molar-refractivity contribution in [2.24, 2.45) is 0 Å². The molecule has 0 spiro atoms. The first kappa shape index (κ1) is 84.0. The van der Waals surface area contributed by atoms with Crippen LogP contribution in [0.2, 0.25) is 0 Å². The Hall–Kier alpha value is -4.04. The number of ether oxygens (including phenoxy) is 8. The van der Waals surface area contributed by atoms with Crippen LogP contribution in [-0.2, 0) is 76.3 Å². The van der Waals surface area contributed by atoms with E-state index in [9.17, 15) is 38.4 Å². The molecule has 24 heteroatoms. The van der Waals surface area contributed by atoms with Gasteiger partial charge in [0.2, 0.25) is 0 Å². The fraction of sp³-hybridized carbons (Fsp3) is 0.758. The molecule has 0 aromatic carbocycles. The molecule has 4 atom stereocenters. The molecule has 0 bridgehead atoms. The van der Waals surface area contributed by atoms with E-state index in [1.54, 1.807) is 27.7 Å². The lowest BCUT2D eigenvalue weighted by Gasteiger charge is -2.35. The second-order valence-electron chi connectivity index (χ2n) is 21.4. The van der Waals surface area contributed by atoms with Crippen LogP contribution in [-0.4, -0.2) is 243 Å². The van der Waals surface area contributed by atoms with Crippen molar-refractivity contribution in [3.63, 3.8) is 0 Å². The Labute approximate surface area is 556 Å². The monoisotopic (exact) mass is 1340 g/mol. The van der Waals surface area contributed by atoms with Gasteiger partial charge in [-0.15, -0.1) is 47.0 Å². The molecule has 0 N–H and O–H groups in total. The third-order valence-corrected chi connectivity index (χ3v) is 18.5. The number of hydrogen-bond acceptors (Lipinski definition) is 24.